The molecule has 3 N–H and O–H groups in total. The van der Waals surface area contributed by atoms with Gasteiger partial charge in [-0.2, -0.15) is 13.2 Å². The summed E-state index contributed by atoms with van der Waals surface area (Å²) in [6.07, 6.45) is -0.546. The summed E-state index contributed by atoms with van der Waals surface area (Å²) in [7, 11) is 0. The van der Waals surface area contributed by atoms with Crippen molar-refractivity contribution in [3.63, 3.8) is 0 Å². The smallest absolute Gasteiger partial charge is 0.475 e. The third-order valence-electron chi connectivity index (χ3n) is 5.21. The van der Waals surface area contributed by atoms with Crippen LogP contribution in [-0.4, -0.2) is 63.6 Å². The van der Waals surface area contributed by atoms with Crippen molar-refractivity contribution < 1.29 is 32.3 Å². The average molecular weight is 517 g/mol. The van der Waals surface area contributed by atoms with Crippen molar-refractivity contribution >= 4 is 29.0 Å². The number of rotatable bonds is 3. The zero-order chi connectivity index (χ0) is 25.8. The van der Waals surface area contributed by atoms with Crippen LogP contribution in [0.15, 0.2) is 41.5 Å². The van der Waals surface area contributed by atoms with Gasteiger partial charge < -0.3 is 24.7 Å². The minimum absolute atomic E-state index is 0.0746. The fraction of sp³-hybridized carbons (Fsp3) is 0.318. The summed E-state index contributed by atoms with van der Waals surface area (Å²) in [5, 5.41) is 10.8. The first-order valence-corrected chi connectivity index (χ1v) is 10.8. The minimum Gasteiger partial charge on any atom is -0.475 e. The summed E-state index contributed by atoms with van der Waals surface area (Å²) in [6, 6.07) is 6.16. The van der Waals surface area contributed by atoms with Gasteiger partial charge in [-0.15, -0.1) is 0 Å². The quantitative estimate of drug-likeness (QED) is 0.464. The van der Waals surface area contributed by atoms with E-state index in [9.17, 15) is 27.2 Å². The lowest BCUT2D eigenvalue weighted by molar-refractivity contribution is -0.192. The Balaban J connectivity index is 0.000000429. The number of carboxylic acids is 1. The Labute approximate surface area is 201 Å². The van der Waals surface area contributed by atoms with Crippen LogP contribution in [0.4, 0.5) is 17.6 Å². The largest absolute Gasteiger partial charge is 0.490 e. The Morgan fingerprint density at radius 2 is 1.86 bits per heavy atom. The second-order valence-electron chi connectivity index (χ2n) is 7.71. The van der Waals surface area contributed by atoms with Gasteiger partial charge in [0, 0.05) is 44.1 Å². The summed E-state index contributed by atoms with van der Waals surface area (Å²) in [4.78, 5) is 38.0. The summed E-state index contributed by atoms with van der Waals surface area (Å²) in [5.41, 5.74) is 1.84. The average Bonchev–Trinajstić information content (AvgIpc) is 3.01. The van der Waals surface area contributed by atoms with Crippen molar-refractivity contribution in [3.8, 4) is 0 Å². The fourth-order valence-corrected chi connectivity index (χ4v) is 3.75. The number of nitrogens with one attached hydrogen (secondary N) is 2. The number of nitrogens with zero attached hydrogens (tertiary/aromatic N) is 2. The molecule has 0 bridgehead atoms. The number of hydrogen-bond donors (Lipinski definition) is 3. The maximum absolute atomic E-state index is 14.4. The zero-order valence-corrected chi connectivity index (χ0v) is 18.9. The molecule has 1 saturated heterocycles. The Hall–Kier alpha value is -3.38. The number of aromatic amines is 1. The van der Waals surface area contributed by atoms with Crippen LogP contribution in [0.2, 0.25) is 5.02 Å². The molecular weight excluding hydrogens is 496 g/mol. The highest BCUT2D eigenvalue weighted by molar-refractivity contribution is 6.31. The Morgan fingerprint density at radius 3 is 2.54 bits per heavy atom. The van der Waals surface area contributed by atoms with Crippen molar-refractivity contribution in [2.24, 2.45) is 0 Å². The molecule has 0 atom stereocenters. The molecule has 1 aliphatic heterocycles. The molecule has 13 heteroatoms. The molecule has 0 radical (unpaired) electrons. The number of benzene rings is 1. The van der Waals surface area contributed by atoms with Crippen molar-refractivity contribution in [3.05, 3.63) is 74.7 Å². The van der Waals surface area contributed by atoms with Crippen LogP contribution in [0.5, 0.6) is 0 Å². The van der Waals surface area contributed by atoms with Gasteiger partial charge in [0.1, 0.15) is 11.3 Å². The molecule has 8 nitrogen and oxygen atoms in total. The lowest BCUT2D eigenvalue weighted by atomic mass is 10.0. The van der Waals surface area contributed by atoms with Crippen LogP contribution in [-0.2, 0) is 11.2 Å². The van der Waals surface area contributed by atoms with Gasteiger partial charge in [-0.25, -0.2) is 9.18 Å². The van der Waals surface area contributed by atoms with E-state index in [1.165, 1.54) is 6.07 Å². The van der Waals surface area contributed by atoms with Gasteiger partial charge in [-0.1, -0.05) is 17.7 Å². The summed E-state index contributed by atoms with van der Waals surface area (Å²) < 4.78 is 47.8. The number of alkyl halides is 3. The lowest BCUT2D eigenvalue weighted by Gasteiger charge is -2.20. The molecule has 3 heterocycles. The van der Waals surface area contributed by atoms with Crippen molar-refractivity contribution in [2.45, 2.75) is 19.0 Å². The highest BCUT2D eigenvalue weighted by Crippen LogP contribution is 2.19. The second-order valence-corrected chi connectivity index (χ2v) is 8.15. The zero-order valence-electron chi connectivity index (χ0n) is 18.2. The number of carbonyl (C=O) groups excluding carboxylic acids is 1. The maximum atomic E-state index is 14.4. The molecule has 0 spiro atoms. The molecule has 2 aromatic heterocycles. The topological polar surface area (TPSA) is 107 Å². The van der Waals surface area contributed by atoms with E-state index in [1.54, 1.807) is 39.9 Å². The van der Waals surface area contributed by atoms with Gasteiger partial charge in [0.05, 0.1) is 10.6 Å². The normalized spacial score (nSPS) is 14.3. The first-order chi connectivity index (χ1) is 16.5. The third kappa shape index (κ3) is 6.61. The third-order valence-corrected chi connectivity index (χ3v) is 5.42. The number of aromatic nitrogens is 2. The molecule has 1 aromatic carbocycles. The van der Waals surface area contributed by atoms with Crippen LogP contribution < -0.4 is 10.9 Å². The molecule has 1 fully saturated rings. The summed E-state index contributed by atoms with van der Waals surface area (Å²) in [5.74, 6) is -3.58. The number of H-pyrrole nitrogens is 1. The first-order valence-electron chi connectivity index (χ1n) is 10.4. The van der Waals surface area contributed by atoms with Crippen molar-refractivity contribution in [2.75, 3.05) is 26.2 Å². The van der Waals surface area contributed by atoms with E-state index in [1.807, 2.05) is 0 Å². The molecule has 3 aromatic rings. The standard InChI is InChI=1S/C20H20ClFN4O2.C2HF3O2/c21-14-10-18-19(27)24-11-15(26(18)12-14)8-13-2-3-17(22)16(9-13)20(28)25-6-1-4-23-5-7-25;3-2(4,5)1(6)7/h2-3,9-12,23H,1,4-8H2,(H,24,27);(H,6,7). The predicted octanol–water partition coefficient (Wildman–Crippen LogP) is 3.08. The Bertz CT molecular complexity index is 1280. The summed E-state index contributed by atoms with van der Waals surface area (Å²) >= 11 is 6.04. The molecule has 0 aliphatic carbocycles. The van der Waals surface area contributed by atoms with Crippen LogP contribution in [0.3, 0.4) is 0 Å². The van der Waals surface area contributed by atoms with Gasteiger partial charge in [-0.3, -0.25) is 9.59 Å². The molecule has 0 saturated carbocycles. The van der Waals surface area contributed by atoms with E-state index in [0.29, 0.717) is 36.6 Å². The number of fused-ring (bicyclic) bond motifs is 1. The van der Waals surface area contributed by atoms with E-state index in [4.69, 9.17) is 21.5 Å². The van der Waals surface area contributed by atoms with Crippen molar-refractivity contribution in [1.82, 2.24) is 19.6 Å². The maximum Gasteiger partial charge on any atom is 0.490 e. The molecule has 1 aliphatic rings. The van der Waals surface area contributed by atoms with E-state index < -0.39 is 18.0 Å². The van der Waals surface area contributed by atoms with E-state index in [0.717, 1.165) is 24.2 Å². The van der Waals surface area contributed by atoms with Crippen LogP contribution in [0, 0.1) is 5.82 Å². The molecule has 35 heavy (non-hydrogen) atoms. The number of amides is 1. The number of hydrogen-bond acceptors (Lipinski definition) is 4. The van der Waals surface area contributed by atoms with Gasteiger partial charge in [0.25, 0.3) is 11.5 Å². The number of aliphatic carboxylic acids is 1. The van der Waals surface area contributed by atoms with Crippen molar-refractivity contribution in [1.29, 1.82) is 0 Å². The monoisotopic (exact) mass is 516 g/mol. The summed E-state index contributed by atoms with van der Waals surface area (Å²) in [6.45, 7) is 2.73. The van der Waals surface area contributed by atoms with E-state index in [-0.39, 0.29) is 17.0 Å². The molecule has 1 amide bonds. The van der Waals surface area contributed by atoms with E-state index >= 15 is 0 Å². The molecule has 188 valence electrons. The van der Waals surface area contributed by atoms with Crippen LogP contribution in [0.1, 0.15) is 28.0 Å². The number of halogens is 5. The van der Waals surface area contributed by atoms with Gasteiger partial charge in [0.2, 0.25) is 0 Å². The minimum atomic E-state index is -5.08. The highest BCUT2D eigenvalue weighted by Gasteiger charge is 2.38. The molecular formula is C22H21ClF4N4O4. The Kier molecular flexibility index (Phi) is 8.18. The SMILES string of the molecule is O=C(O)C(F)(F)F.O=C(c1cc(Cc2c[nH]c(=O)c3cc(Cl)cn23)ccc1F)N1CCCNCC1. The first kappa shape index (κ1) is 26.2. The van der Waals surface area contributed by atoms with Gasteiger partial charge in [0.15, 0.2) is 0 Å². The number of carbonyl (C=O) groups is 2. The van der Waals surface area contributed by atoms with Crippen LogP contribution >= 0.6 is 11.6 Å². The number of carboxylic acid groups (broad SMARTS) is 1. The predicted molar refractivity (Wildman–Crippen MR) is 119 cm³/mol. The molecule has 0 unspecified atom stereocenters. The van der Waals surface area contributed by atoms with Gasteiger partial charge in [-0.05, 0) is 36.7 Å². The van der Waals surface area contributed by atoms with Crippen LogP contribution in [0.25, 0.3) is 5.52 Å². The second kappa shape index (κ2) is 10.9. The van der Waals surface area contributed by atoms with E-state index in [2.05, 4.69) is 10.3 Å². The lowest BCUT2D eigenvalue weighted by Crippen LogP contribution is -2.34. The Morgan fingerprint density at radius 1 is 1.14 bits per heavy atom. The van der Waals surface area contributed by atoms with Gasteiger partial charge >= 0.3 is 12.1 Å². The highest BCUT2D eigenvalue weighted by atomic mass is 35.5. The molecule has 4 rings (SSSR count). The fourth-order valence-electron chi connectivity index (χ4n) is 3.55.